The fourth-order valence-corrected chi connectivity index (χ4v) is 3.23. The highest BCUT2D eigenvalue weighted by molar-refractivity contribution is 5.92. The molecule has 1 aromatic carbocycles. The zero-order valence-electron chi connectivity index (χ0n) is 13.0. The van der Waals surface area contributed by atoms with Crippen LogP contribution in [0.2, 0.25) is 0 Å². The van der Waals surface area contributed by atoms with Gasteiger partial charge >= 0.3 is 0 Å². The molecule has 1 amide bonds. The molecule has 1 unspecified atom stereocenters. The van der Waals surface area contributed by atoms with Crippen LogP contribution in [0.25, 0.3) is 10.9 Å². The van der Waals surface area contributed by atoms with Gasteiger partial charge in [-0.15, -0.1) is 0 Å². The van der Waals surface area contributed by atoms with E-state index < -0.39 is 0 Å². The van der Waals surface area contributed by atoms with Gasteiger partial charge in [-0.3, -0.25) is 14.9 Å². The third-order valence-electron chi connectivity index (χ3n) is 4.62. The molecule has 1 aliphatic carbocycles. The number of aromatic nitrogens is 3. The summed E-state index contributed by atoms with van der Waals surface area (Å²) in [4.78, 5) is 16.9. The van der Waals surface area contributed by atoms with Crippen LogP contribution in [0, 0.1) is 5.92 Å². The molecule has 122 valence electrons. The van der Waals surface area contributed by atoms with Crippen molar-refractivity contribution in [3.63, 3.8) is 0 Å². The van der Waals surface area contributed by atoms with E-state index in [0.717, 1.165) is 16.5 Å². The highest BCUT2D eigenvalue weighted by Gasteiger charge is 2.36. The molecule has 2 aromatic heterocycles. The van der Waals surface area contributed by atoms with Gasteiger partial charge in [0, 0.05) is 17.8 Å². The van der Waals surface area contributed by atoms with Crippen LogP contribution in [0.15, 0.2) is 48.8 Å². The molecule has 6 heteroatoms. The Bertz CT molecular complexity index is 856. The number of aromatic amines is 1. The van der Waals surface area contributed by atoms with Crippen molar-refractivity contribution in [2.75, 3.05) is 0 Å². The fourth-order valence-electron chi connectivity index (χ4n) is 3.23. The van der Waals surface area contributed by atoms with E-state index >= 15 is 0 Å². The number of hydrogen-bond acceptors (Lipinski definition) is 4. The Morgan fingerprint density at radius 2 is 2.12 bits per heavy atom. The number of carbonyl (C=O) groups is 1. The number of nitrogens with one attached hydrogen (secondary N) is 2. The summed E-state index contributed by atoms with van der Waals surface area (Å²) in [7, 11) is 0. The Morgan fingerprint density at radius 3 is 2.88 bits per heavy atom. The first-order valence-corrected chi connectivity index (χ1v) is 8.03. The molecule has 1 atom stereocenters. The minimum Gasteiger partial charge on any atom is -0.393 e. The van der Waals surface area contributed by atoms with Gasteiger partial charge in [-0.1, -0.05) is 18.2 Å². The number of pyridine rings is 1. The Hall–Kier alpha value is -2.73. The first-order chi connectivity index (χ1) is 11.7. The van der Waals surface area contributed by atoms with Gasteiger partial charge < -0.3 is 10.4 Å². The van der Waals surface area contributed by atoms with Crippen molar-refractivity contribution < 1.29 is 9.90 Å². The molecule has 4 rings (SSSR count). The van der Waals surface area contributed by atoms with E-state index in [1.165, 1.54) is 0 Å². The number of benzene rings is 1. The van der Waals surface area contributed by atoms with Gasteiger partial charge in [0.05, 0.1) is 17.7 Å². The molecule has 1 aliphatic rings. The van der Waals surface area contributed by atoms with Crippen molar-refractivity contribution in [2.45, 2.75) is 25.0 Å². The fraction of sp³-hybridized carbons (Fsp3) is 0.278. The Labute approximate surface area is 138 Å². The molecule has 0 radical (unpaired) electrons. The first kappa shape index (κ1) is 14.8. The van der Waals surface area contributed by atoms with Crippen LogP contribution in [0.4, 0.5) is 0 Å². The average molecular weight is 322 g/mol. The minimum atomic E-state index is -0.282. The van der Waals surface area contributed by atoms with Gasteiger partial charge in [0.25, 0.3) is 5.91 Å². The number of carbonyl (C=O) groups excluding carboxylic acids is 1. The van der Waals surface area contributed by atoms with Crippen LogP contribution in [0.3, 0.4) is 0 Å². The molecular formula is C18H18N4O2. The maximum atomic E-state index is 12.4. The summed E-state index contributed by atoms with van der Waals surface area (Å²) in [6.07, 6.45) is 4.44. The van der Waals surface area contributed by atoms with Gasteiger partial charge in [0.1, 0.15) is 5.69 Å². The summed E-state index contributed by atoms with van der Waals surface area (Å²) < 4.78 is 0. The zero-order chi connectivity index (χ0) is 16.5. The van der Waals surface area contributed by atoms with E-state index in [1.807, 2.05) is 30.5 Å². The molecule has 0 bridgehead atoms. The zero-order valence-corrected chi connectivity index (χ0v) is 13.0. The standard InChI is InChI=1S/C18H18N4O2/c23-14-8-12(9-14)17(21-18(24)16-5-6-20-22-16)13-7-11-3-1-2-4-15(11)19-10-13/h1-7,10,12,14,17,23H,8-9H2,(H,20,22)(H,21,24). The molecule has 3 aromatic rings. The van der Waals surface area contributed by atoms with E-state index in [9.17, 15) is 9.90 Å². The SMILES string of the molecule is O=C(NC(c1cnc2ccccc2c1)C1CC(O)C1)c1ccn[nH]1. The number of para-hydroxylation sites is 1. The van der Waals surface area contributed by atoms with E-state index in [-0.39, 0.29) is 24.0 Å². The number of aliphatic hydroxyl groups is 1. The number of H-pyrrole nitrogens is 1. The lowest BCUT2D eigenvalue weighted by atomic mass is 9.75. The van der Waals surface area contributed by atoms with Gasteiger partial charge in [-0.25, -0.2) is 0 Å². The number of amides is 1. The lowest BCUT2D eigenvalue weighted by molar-refractivity contribution is 0.0234. The number of aliphatic hydroxyl groups excluding tert-OH is 1. The number of fused-ring (bicyclic) bond motifs is 1. The summed E-state index contributed by atoms with van der Waals surface area (Å²) >= 11 is 0. The Morgan fingerprint density at radius 1 is 1.29 bits per heavy atom. The normalized spacial score (nSPS) is 21.2. The molecule has 2 heterocycles. The van der Waals surface area contributed by atoms with Crippen molar-refractivity contribution in [2.24, 2.45) is 5.92 Å². The van der Waals surface area contributed by atoms with Gasteiger partial charge in [-0.05, 0) is 42.5 Å². The van der Waals surface area contributed by atoms with Crippen LogP contribution in [0.1, 0.15) is 34.9 Å². The lowest BCUT2D eigenvalue weighted by Crippen LogP contribution is -2.41. The van der Waals surface area contributed by atoms with Gasteiger partial charge in [0.15, 0.2) is 0 Å². The van der Waals surface area contributed by atoms with Crippen molar-refractivity contribution in [1.82, 2.24) is 20.5 Å². The van der Waals surface area contributed by atoms with E-state index in [2.05, 4.69) is 26.6 Å². The van der Waals surface area contributed by atoms with Crippen LogP contribution >= 0.6 is 0 Å². The highest BCUT2D eigenvalue weighted by Crippen LogP contribution is 2.38. The summed E-state index contributed by atoms with van der Waals surface area (Å²) in [5.74, 6) is 0.00174. The molecule has 0 saturated heterocycles. The van der Waals surface area contributed by atoms with Crippen molar-refractivity contribution in [3.8, 4) is 0 Å². The Balaban J connectivity index is 1.65. The molecule has 0 aliphatic heterocycles. The highest BCUT2D eigenvalue weighted by atomic mass is 16.3. The van der Waals surface area contributed by atoms with Crippen LogP contribution in [-0.2, 0) is 0 Å². The maximum Gasteiger partial charge on any atom is 0.269 e. The monoisotopic (exact) mass is 322 g/mol. The lowest BCUT2D eigenvalue weighted by Gasteiger charge is -2.38. The second kappa shape index (κ2) is 6.05. The third-order valence-corrected chi connectivity index (χ3v) is 4.62. The van der Waals surface area contributed by atoms with Gasteiger partial charge in [0.2, 0.25) is 0 Å². The van der Waals surface area contributed by atoms with Crippen LogP contribution < -0.4 is 5.32 Å². The van der Waals surface area contributed by atoms with Crippen molar-refractivity contribution in [3.05, 3.63) is 60.0 Å². The molecule has 6 nitrogen and oxygen atoms in total. The summed E-state index contributed by atoms with van der Waals surface area (Å²) in [6, 6.07) is 11.4. The Kier molecular flexibility index (Phi) is 3.74. The van der Waals surface area contributed by atoms with Crippen molar-refractivity contribution in [1.29, 1.82) is 0 Å². The smallest absolute Gasteiger partial charge is 0.269 e. The molecule has 24 heavy (non-hydrogen) atoms. The molecule has 3 N–H and O–H groups in total. The van der Waals surface area contributed by atoms with Crippen LogP contribution in [-0.4, -0.2) is 32.3 Å². The summed E-state index contributed by atoms with van der Waals surface area (Å²) in [5.41, 5.74) is 2.31. The topological polar surface area (TPSA) is 90.9 Å². The molecule has 1 saturated carbocycles. The number of rotatable bonds is 4. The molecular weight excluding hydrogens is 304 g/mol. The third kappa shape index (κ3) is 2.76. The summed E-state index contributed by atoms with van der Waals surface area (Å²) in [6.45, 7) is 0. The largest absolute Gasteiger partial charge is 0.393 e. The second-order valence-electron chi connectivity index (χ2n) is 6.27. The van der Waals surface area contributed by atoms with Gasteiger partial charge in [-0.2, -0.15) is 5.10 Å². The summed E-state index contributed by atoms with van der Waals surface area (Å²) in [5, 5.41) is 20.3. The first-order valence-electron chi connectivity index (χ1n) is 8.03. The predicted octanol–water partition coefficient (Wildman–Crippen LogP) is 2.20. The maximum absolute atomic E-state index is 12.4. The van der Waals surface area contributed by atoms with E-state index in [4.69, 9.17) is 0 Å². The van der Waals surface area contributed by atoms with E-state index in [1.54, 1.807) is 12.3 Å². The van der Waals surface area contributed by atoms with Crippen LogP contribution in [0.5, 0.6) is 0 Å². The number of hydrogen-bond donors (Lipinski definition) is 3. The molecule has 1 fully saturated rings. The van der Waals surface area contributed by atoms with Crippen molar-refractivity contribution >= 4 is 16.8 Å². The number of nitrogens with zero attached hydrogens (tertiary/aromatic N) is 2. The van der Waals surface area contributed by atoms with E-state index in [0.29, 0.717) is 18.5 Å². The predicted molar refractivity (Wildman–Crippen MR) is 89.3 cm³/mol. The minimum absolute atomic E-state index is 0.179. The quantitative estimate of drug-likeness (QED) is 0.687. The average Bonchev–Trinajstić information content (AvgIpc) is 3.11. The molecule has 0 spiro atoms. The second-order valence-corrected chi connectivity index (χ2v) is 6.27.